The van der Waals surface area contributed by atoms with Crippen molar-refractivity contribution in [3.63, 3.8) is 0 Å². The first-order valence-corrected chi connectivity index (χ1v) is 14.1. The third kappa shape index (κ3) is 7.15. The maximum absolute atomic E-state index is 13.8. The predicted octanol–water partition coefficient (Wildman–Crippen LogP) is 5.17. The fraction of sp³-hybridized carbons (Fsp3) is 0.516. The standard InChI is InChI=1S/C31H42N4O3/c1-23(2)20-29(36)35-17-9-16-34(18-19-35)28-15-14-26(32-30(37)25-12-7-8-13-25)21-27(28)31(38)33(3)22-24-10-5-4-6-11-24/h4-6,10-11,14-15,21,23,25H,7-9,12-13,16-20,22H2,1-3H3,(H,32,37). The summed E-state index contributed by atoms with van der Waals surface area (Å²) in [5.41, 5.74) is 3.15. The van der Waals surface area contributed by atoms with Gasteiger partial charge in [0.15, 0.2) is 0 Å². The molecule has 0 unspecified atom stereocenters. The monoisotopic (exact) mass is 518 g/mol. The van der Waals surface area contributed by atoms with E-state index < -0.39 is 0 Å². The average molecular weight is 519 g/mol. The number of carbonyl (C=O) groups excluding carboxylic acids is 3. The van der Waals surface area contributed by atoms with Crippen LogP contribution in [-0.4, -0.2) is 60.7 Å². The Labute approximate surface area is 227 Å². The number of benzene rings is 2. The van der Waals surface area contributed by atoms with Crippen LogP contribution in [0.5, 0.6) is 0 Å². The summed E-state index contributed by atoms with van der Waals surface area (Å²) in [5, 5.41) is 3.07. The fourth-order valence-electron chi connectivity index (χ4n) is 5.51. The van der Waals surface area contributed by atoms with Crippen molar-refractivity contribution in [1.82, 2.24) is 9.80 Å². The molecule has 2 fully saturated rings. The Morgan fingerprint density at radius 3 is 2.39 bits per heavy atom. The van der Waals surface area contributed by atoms with E-state index in [1.807, 2.05) is 60.5 Å². The van der Waals surface area contributed by atoms with Gasteiger partial charge in [0.2, 0.25) is 11.8 Å². The second-order valence-corrected chi connectivity index (χ2v) is 11.2. The van der Waals surface area contributed by atoms with E-state index in [1.54, 1.807) is 4.90 Å². The van der Waals surface area contributed by atoms with Gasteiger partial charge in [0, 0.05) is 63.5 Å². The van der Waals surface area contributed by atoms with Crippen molar-refractivity contribution in [2.75, 3.05) is 43.4 Å². The molecule has 2 aromatic carbocycles. The lowest BCUT2D eigenvalue weighted by molar-refractivity contribution is -0.131. The molecule has 1 saturated heterocycles. The number of rotatable bonds is 8. The molecule has 7 nitrogen and oxygen atoms in total. The number of hydrogen-bond acceptors (Lipinski definition) is 4. The Kier molecular flexibility index (Phi) is 9.43. The van der Waals surface area contributed by atoms with Gasteiger partial charge in [0.05, 0.1) is 5.56 Å². The smallest absolute Gasteiger partial charge is 0.256 e. The highest BCUT2D eigenvalue weighted by molar-refractivity contribution is 6.02. The molecule has 2 aromatic rings. The van der Waals surface area contributed by atoms with Crippen LogP contribution in [-0.2, 0) is 16.1 Å². The Morgan fingerprint density at radius 2 is 1.68 bits per heavy atom. The van der Waals surface area contributed by atoms with E-state index in [9.17, 15) is 14.4 Å². The summed E-state index contributed by atoms with van der Waals surface area (Å²) < 4.78 is 0. The highest BCUT2D eigenvalue weighted by Gasteiger charge is 2.26. The van der Waals surface area contributed by atoms with E-state index in [0.29, 0.717) is 43.2 Å². The molecule has 0 bridgehead atoms. The molecule has 1 heterocycles. The molecule has 0 radical (unpaired) electrons. The van der Waals surface area contributed by atoms with Crippen LogP contribution >= 0.6 is 0 Å². The lowest BCUT2D eigenvalue weighted by Gasteiger charge is -2.28. The SMILES string of the molecule is CC(C)CC(=O)N1CCCN(c2ccc(NC(=O)C3CCCC3)cc2C(=O)N(C)Cc2ccccc2)CC1. The Bertz CT molecular complexity index is 1110. The molecule has 1 saturated carbocycles. The molecule has 0 atom stereocenters. The molecule has 3 amide bonds. The van der Waals surface area contributed by atoms with E-state index in [0.717, 1.165) is 56.4 Å². The zero-order valence-electron chi connectivity index (χ0n) is 23.1. The number of nitrogens with zero attached hydrogens (tertiary/aromatic N) is 3. The van der Waals surface area contributed by atoms with E-state index >= 15 is 0 Å². The van der Waals surface area contributed by atoms with Gasteiger partial charge >= 0.3 is 0 Å². The summed E-state index contributed by atoms with van der Waals surface area (Å²) >= 11 is 0. The van der Waals surface area contributed by atoms with Gasteiger partial charge in [-0.25, -0.2) is 0 Å². The van der Waals surface area contributed by atoms with Crippen LogP contribution in [0.3, 0.4) is 0 Å². The van der Waals surface area contributed by atoms with E-state index in [2.05, 4.69) is 24.1 Å². The largest absolute Gasteiger partial charge is 0.369 e. The molecule has 1 aliphatic carbocycles. The molecule has 1 N–H and O–H groups in total. The summed E-state index contributed by atoms with van der Waals surface area (Å²) in [5.74, 6) is 0.539. The van der Waals surface area contributed by atoms with Gasteiger partial charge in [0.25, 0.3) is 5.91 Å². The summed E-state index contributed by atoms with van der Waals surface area (Å²) in [6.07, 6.45) is 5.44. The number of anilines is 2. The molecule has 4 rings (SSSR count). The summed E-state index contributed by atoms with van der Waals surface area (Å²) in [4.78, 5) is 45.2. The minimum Gasteiger partial charge on any atom is -0.369 e. The first-order chi connectivity index (χ1) is 18.3. The quantitative estimate of drug-likeness (QED) is 0.523. The molecule has 204 valence electrons. The first-order valence-electron chi connectivity index (χ1n) is 14.1. The topological polar surface area (TPSA) is 73.0 Å². The lowest BCUT2D eigenvalue weighted by atomic mass is 10.1. The number of nitrogens with one attached hydrogen (secondary N) is 1. The van der Waals surface area contributed by atoms with Crippen molar-refractivity contribution in [2.24, 2.45) is 11.8 Å². The third-order valence-corrected chi connectivity index (χ3v) is 7.60. The third-order valence-electron chi connectivity index (χ3n) is 7.60. The fourth-order valence-corrected chi connectivity index (χ4v) is 5.51. The zero-order valence-corrected chi connectivity index (χ0v) is 23.1. The highest BCUT2D eigenvalue weighted by Crippen LogP contribution is 2.30. The van der Waals surface area contributed by atoms with Crippen molar-refractivity contribution in [3.05, 3.63) is 59.7 Å². The average Bonchev–Trinajstić information content (AvgIpc) is 3.33. The Hall–Kier alpha value is -3.35. The van der Waals surface area contributed by atoms with Gasteiger partial charge in [-0.2, -0.15) is 0 Å². The normalized spacial score (nSPS) is 16.4. The molecule has 38 heavy (non-hydrogen) atoms. The summed E-state index contributed by atoms with van der Waals surface area (Å²) in [6, 6.07) is 15.6. The summed E-state index contributed by atoms with van der Waals surface area (Å²) in [6.45, 7) is 7.43. The van der Waals surface area contributed by atoms with Crippen LogP contribution in [0.25, 0.3) is 0 Å². The van der Waals surface area contributed by atoms with Gasteiger partial charge in [-0.1, -0.05) is 57.0 Å². The van der Waals surface area contributed by atoms with Crippen molar-refractivity contribution in [2.45, 2.75) is 58.9 Å². The van der Waals surface area contributed by atoms with Crippen LogP contribution in [0.1, 0.15) is 68.3 Å². The lowest BCUT2D eigenvalue weighted by Crippen LogP contribution is -2.36. The van der Waals surface area contributed by atoms with Crippen molar-refractivity contribution < 1.29 is 14.4 Å². The van der Waals surface area contributed by atoms with Crippen molar-refractivity contribution >= 4 is 29.1 Å². The van der Waals surface area contributed by atoms with Crippen LogP contribution in [0, 0.1) is 11.8 Å². The molecular formula is C31H42N4O3. The van der Waals surface area contributed by atoms with Crippen LogP contribution in [0.15, 0.2) is 48.5 Å². The maximum atomic E-state index is 13.8. The van der Waals surface area contributed by atoms with Gasteiger partial charge in [-0.15, -0.1) is 0 Å². The second kappa shape index (κ2) is 12.9. The van der Waals surface area contributed by atoms with E-state index in [1.165, 1.54) is 0 Å². The van der Waals surface area contributed by atoms with Gasteiger partial charge in [-0.3, -0.25) is 14.4 Å². The Morgan fingerprint density at radius 1 is 0.947 bits per heavy atom. The second-order valence-electron chi connectivity index (χ2n) is 11.2. The number of carbonyl (C=O) groups is 3. The maximum Gasteiger partial charge on any atom is 0.256 e. The molecule has 7 heteroatoms. The van der Waals surface area contributed by atoms with Gasteiger partial charge in [-0.05, 0) is 48.9 Å². The zero-order chi connectivity index (χ0) is 27.1. The van der Waals surface area contributed by atoms with Crippen molar-refractivity contribution in [1.29, 1.82) is 0 Å². The van der Waals surface area contributed by atoms with E-state index in [4.69, 9.17) is 0 Å². The minimum atomic E-state index is -0.0854. The number of hydrogen-bond donors (Lipinski definition) is 1. The van der Waals surface area contributed by atoms with Gasteiger partial charge in [0.1, 0.15) is 0 Å². The number of amides is 3. The predicted molar refractivity (Wildman–Crippen MR) is 152 cm³/mol. The van der Waals surface area contributed by atoms with Crippen molar-refractivity contribution in [3.8, 4) is 0 Å². The van der Waals surface area contributed by atoms with Crippen LogP contribution in [0.4, 0.5) is 11.4 Å². The van der Waals surface area contributed by atoms with Crippen LogP contribution < -0.4 is 10.2 Å². The molecular weight excluding hydrogens is 476 g/mol. The molecule has 1 aliphatic heterocycles. The minimum absolute atomic E-state index is 0.0420. The Balaban J connectivity index is 1.56. The first kappa shape index (κ1) is 27.7. The summed E-state index contributed by atoms with van der Waals surface area (Å²) in [7, 11) is 1.82. The van der Waals surface area contributed by atoms with Crippen LogP contribution in [0.2, 0.25) is 0 Å². The highest BCUT2D eigenvalue weighted by atomic mass is 16.2. The molecule has 2 aliphatic rings. The van der Waals surface area contributed by atoms with E-state index in [-0.39, 0.29) is 23.6 Å². The van der Waals surface area contributed by atoms with Gasteiger partial charge < -0.3 is 20.0 Å². The molecule has 0 aromatic heterocycles. The molecule has 0 spiro atoms.